The summed E-state index contributed by atoms with van der Waals surface area (Å²) in [5.74, 6) is 0.718. The molecule has 1 saturated heterocycles. The second-order valence-corrected chi connectivity index (χ2v) is 6.89. The van der Waals surface area contributed by atoms with Crippen molar-refractivity contribution in [3.05, 3.63) is 29.8 Å². The fourth-order valence-electron chi connectivity index (χ4n) is 3.11. The number of amides is 2. The topological polar surface area (TPSA) is 79.0 Å². The number of ether oxygens (including phenoxy) is 1. The van der Waals surface area contributed by atoms with Gasteiger partial charge in [0.15, 0.2) is 5.78 Å². The molecule has 0 radical (unpaired) electrons. The Morgan fingerprint density at radius 2 is 1.68 bits per heavy atom. The molecule has 0 saturated carbocycles. The highest BCUT2D eigenvalue weighted by Crippen LogP contribution is 2.14. The van der Waals surface area contributed by atoms with E-state index in [2.05, 4.69) is 10.2 Å². The van der Waals surface area contributed by atoms with Crippen LogP contribution >= 0.6 is 0 Å². The zero-order chi connectivity index (χ0) is 20.4. The molecule has 0 bridgehead atoms. The van der Waals surface area contributed by atoms with Crippen LogP contribution in [0.4, 0.5) is 0 Å². The molecule has 0 aromatic heterocycles. The molecule has 28 heavy (non-hydrogen) atoms. The van der Waals surface area contributed by atoms with Crippen molar-refractivity contribution in [2.45, 2.75) is 33.1 Å². The molecule has 1 heterocycles. The third kappa shape index (κ3) is 6.96. The predicted octanol–water partition coefficient (Wildman–Crippen LogP) is 1.72. The van der Waals surface area contributed by atoms with Crippen molar-refractivity contribution >= 4 is 17.6 Å². The number of rotatable bonds is 10. The number of benzene rings is 1. The Kier molecular flexibility index (Phi) is 8.94. The molecular formula is C21H31N3O4. The second-order valence-electron chi connectivity index (χ2n) is 6.89. The fraction of sp³-hybridized carbons (Fsp3) is 0.571. The lowest BCUT2D eigenvalue weighted by molar-refractivity contribution is -0.133. The molecule has 1 aliphatic heterocycles. The summed E-state index contributed by atoms with van der Waals surface area (Å²) in [6, 6.07) is 7.02. The summed E-state index contributed by atoms with van der Waals surface area (Å²) in [6.07, 6.45) is 1.33. The Labute approximate surface area is 167 Å². The summed E-state index contributed by atoms with van der Waals surface area (Å²) in [5, 5.41) is 2.87. The Hall–Kier alpha value is -2.41. The highest BCUT2D eigenvalue weighted by atomic mass is 16.5. The number of Topliss-reactive ketones (excluding diaryl/α,β-unsaturated/α-hetero) is 1. The van der Waals surface area contributed by atoms with Crippen LogP contribution in [0.15, 0.2) is 24.3 Å². The number of nitrogens with zero attached hydrogens (tertiary/aromatic N) is 2. The summed E-state index contributed by atoms with van der Waals surface area (Å²) >= 11 is 0. The van der Waals surface area contributed by atoms with Crippen LogP contribution in [-0.2, 0) is 9.59 Å². The lowest BCUT2D eigenvalue weighted by atomic mass is 10.1. The monoisotopic (exact) mass is 389 g/mol. The van der Waals surface area contributed by atoms with Gasteiger partial charge in [-0.2, -0.15) is 0 Å². The van der Waals surface area contributed by atoms with Crippen LogP contribution in [0.1, 0.15) is 43.5 Å². The Morgan fingerprint density at radius 1 is 1.00 bits per heavy atom. The molecule has 2 rings (SSSR count). The second kappa shape index (κ2) is 11.4. The van der Waals surface area contributed by atoms with Gasteiger partial charge in [0.2, 0.25) is 11.8 Å². The van der Waals surface area contributed by atoms with E-state index in [4.69, 9.17) is 4.74 Å². The van der Waals surface area contributed by atoms with E-state index in [1.54, 1.807) is 29.2 Å². The molecule has 1 fully saturated rings. The maximum absolute atomic E-state index is 12.4. The van der Waals surface area contributed by atoms with E-state index < -0.39 is 0 Å². The largest absolute Gasteiger partial charge is 0.494 e. The Morgan fingerprint density at radius 3 is 2.29 bits per heavy atom. The van der Waals surface area contributed by atoms with E-state index in [0.717, 1.165) is 12.2 Å². The van der Waals surface area contributed by atoms with Crippen molar-refractivity contribution in [1.29, 1.82) is 0 Å². The minimum Gasteiger partial charge on any atom is -0.494 e. The summed E-state index contributed by atoms with van der Waals surface area (Å²) < 4.78 is 5.37. The zero-order valence-corrected chi connectivity index (χ0v) is 16.9. The number of piperazine rings is 1. The van der Waals surface area contributed by atoms with Crippen molar-refractivity contribution in [2.75, 3.05) is 45.9 Å². The Balaban J connectivity index is 1.70. The van der Waals surface area contributed by atoms with E-state index in [1.807, 2.05) is 13.8 Å². The maximum atomic E-state index is 12.4. The van der Waals surface area contributed by atoms with Gasteiger partial charge in [0, 0.05) is 51.1 Å². The van der Waals surface area contributed by atoms with Crippen molar-refractivity contribution < 1.29 is 19.1 Å². The van der Waals surface area contributed by atoms with E-state index in [0.29, 0.717) is 51.4 Å². The molecule has 0 aliphatic carbocycles. The predicted molar refractivity (Wildman–Crippen MR) is 107 cm³/mol. The van der Waals surface area contributed by atoms with Gasteiger partial charge in [-0.05, 0) is 37.6 Å². The van der Waals surface area contributed by atoms with Crippen LogP contribution in [0, 0.1) is 0 Å². The van der Waals surface area contributed by atoms with Gasteiger partial charge in [-0.15, -0.1) is 0 Å². The molecule has 1 aromatic rings. The van der Waals surface area contributed by atoms with Gasteiger partial charge in [0.25, 0.3) is 0 Å². The van der Waals surface area contributed by atoms with Crippen molar-refractivity contribution in [3.8, 4) is 5.75 Å². The number of nitrogens with one attached hydrogen (secondary N) is 1. The van der Waals surface area contributed by atoms with Crippen molar-refractivity contribution in [3.63, 3.8) is 0 Å². The third-order valence-electron chi connectivity index (χ3n) is 4.72. The molecule has 0 unspecified atom stereocenters. The van der Waals surface area contributed by atoms with Gasteiger partial charge in [-0.1, -0.05) is 6.92 Å². The SMILES string of the molecule is CCCNC(=O)CN1CCN(C(=O)CCC(=O)c2ccc(OCC)cc2)CC1. The normalized spacial score (nSPS) is 14.6. The molecule has 154 valence electrons. The Bertz CT molecular complexity index is 652. The van der Waals surface area contributed by atoms with E-state index >= 15 is 0 Å². The summed E-state index contributed by atoms with van der Waals surface area (Å²) in [5.41, 5.74) is 0.596. The van der Waals surface area contributed by atoms with Gasteiger partial charge in [0.1, 0.15) is 5.75 Å². The van der Waals surface area contributed by atoms with Crippen LogP contribution < -0.4 is 10.1 Å². The van der Waals surface area contributed by atoms with Gasteiger partial charge < -0.3 is 15.0 Å². The average Bonchev–Trinajstić information content (AvgIpc) is 2.71. The minimum atomic E-state index is -0.0392. The lowest BCUT2D eigenvalue weighted by Crippen LogP contribution is -2.51. The number of carbonyl (C=O) groups is 3. The molecule has 1 N–H and O–H groups in total. The zero-order valence-electron chi connectivity index (χ0n) is 16.9. The highest BCUT2D eigenvalue weighted by Gasteiger charge is 2.22. The molecule has 1 aromatic carbocycles. The first-order chi connectivity index (χ1) is 13.5. The van der Waals surface area contributed by atoms with Crippen molar-refractivity contribution in [2.24, 2.45) is 0 Å². The van der Waals surface area contributed by atoms with E-state index in [1.165, 1.54) is 0 Å². The lowest BCUT2D eigenvalue weighted by Gasteiger charge is -2.34. The van der Waals surface area contributed by atoms with E-state index in [-0.39, 0.29) is 30.4 Å². The van der Waals surface area contributed by atoms with Gasteiger partial charge in [-0.3, -0.25) is 19.3 Å². The molecule has 0 atom stereocenters. The van der Waals surface area contributed by atoms with Gasteiger partial charge in [-0.25, -0.2) is 0 Å². The van der Waals surface area contributed by atoms with E-state index in [9.17, 15) is 14.4 Å². The average molecular weight is 389 g/mol. The maximum Gasteiger partial charge on any atom is 0.234 e. The first-order valence-electron chi connectivity index (χ1n) is 10.1. The molecule has 7 nitrogen and oxygen atoms in total. The molecule has 2 amide bonds. The van der Waals surface area contributed by atoms with Gasteiger partial charge >= 0.3 is 0 Å². The van der Waals surface area contributed by atoms with Gasteiger partial charge in [0.05, 0.1) is 13.2 Å². The van der Waals surface area contributed by atoms with Crippen LogP contribution in [0.3, 0.4) is 0 Å². The minimum absolute atomic E-state index is 0.00521. The van der Waals surface area contributed by atoms with Crippen LogP contribution in [0.25, 0.3) is 0 Å². The van der Waals surface area contributed by atoms with Crippen LogP contribution in [0.5, 0.6) is 5.75 Å². The first kappa shape index (κ1) is 21.9. The molecule has 1 aliphatic rings. The molecule has 7 heteroatoms. The third-order valence-corrected chi connectivity index (χ3v) is 4.72. The summed E-state index contributed by atoms with van der Waals surface area (Å²) in [4.78, 5) is 40.3. The first-order valence-corrected chi connectivity index (χ1v) is 10.1. The van der Waals surface area contributed by atoms with Crippen molar-refractivity contribution in [1.82, 2.24) is 15.1 Å². The fourth-order valence-corrected chi connectivity index (χ4v) is 3.11. The number of ketones is 1. The molecule has 0 spiro atoms. The standard InChI is InChI=1S/C21H31N3O4/c1-3-11-22-20(26)16-23-12-14-24(15-13-23)21(27)10-9-19(25)17-5-7-18(8-6-17)28-4-2/h5-8H,3-4,9-16H2,1-2H3,(H,22,26). The number of hydrogen-bond donors (Lipinski definition) is 1. The number of hydrogen-bond acceptors (Lipinski definition) is 5. The summed E-state index contributed by atoms with van der Waals surface area (Å²) in [7, 11) is 0. The molecular weight excluding hydrogens is 358 g/mol. The van der Waals surface area contributed by atoms with Crippen LogP contribution in [0.2, 0.25) is 0 Å². The van der Waals surface area contributed by atoms with Crippen LogP contribution in [-0.4, -0.2) is 73.3 Å². The summed E-state index contributed by atoms with van der Waals surface area (Å²) in [6.45, 7) is 8.12. The highest BCUT2D eigenvalue weighted by molar-refractivity contribution is 5.98. The number of carbonyl (C=O) groups excluding carboxylic acids is 3. The smallest absolute Gasteiger partial charge is 0.234 e. The quantitative estimate of drug-likeness (QED) is 0.617.